The van der Waals surface area contributed by atoms with E-state index < -0.39 is 10.0 Å². The molecule has 160 valence electrons. The van der Waals surface area contributed by atoms with Crippen LogP contribution in [-0.4, -0.2) is 48.0 Å². The number of piperidine rings is 1. The molecular weight excluding hydrogens is 376 g/mol. The summed E-state index contributed by atoms with van der Waals surface area (Å²) >= 11 is 0. The van der Waals surface area contributed by atoms with E-state index in [-0.39, 0.29) is 17.4 Å². The summed E-state index contributed by atoms with van der Waals surface area (Å²) in [4.78, 5) is 12.6. The van der Waals surface area contributed by atoms with E-state index in [4.69, 9.17) is 0 Å². The van der Waals surface area contributed by atoms with Crippen molar-refractivity contribution in [3.05, 3.63) is 11.4 Å². The summed E-state index contributed by atoms with van der Waals surface area (Å²) in [5, 5.41) is 7.47. The third-order valence-corrected chi connectivity index (χ3v) is 7.51. The fraction of sp³-hybridized carbons (Fsp3) is 0.800. The quantitative estimate of drug-likeness (QED) is 0.698. The van der Waals surface area contributed by atoms with E-state index >= 15 is 0 Å². The Morgan fingerprint density at radius 3 is 2.29 bits per heavy atom. The van der Waals surface area contributed by atoms with Crippen LogP contribution < -0.4 is 5.32 Å². The smallest absolute Gasteiger partial charge is 0.246 e. The zero-order chi connectivity index (χ0) is 21.1. The van der Waals surface area contributed by atoms with Gasteiger partial charge in [0.1, 0.15) is 4.90 Å². The number of amides is 1. The monoisotopic (exact) mass is 412 g/mol. The Labute approximate surface area is 169 Å². The maximum absolute atomic E-state index is 13.3. The van der Waals surface area contributed by atoms with Gasteiger partial charge in [-0.3, -0.25) is 9.48 Å². The summed E-state index contributed by atoms with van der Waals surface area (Å²) < 4.78 is 29.8. The van der Waals surface area contributed by atoms with Gasteiger partial charge in [-0.1, -0.05) is 19.8 Å². The number of sulfonamides is 1. The molecule has 7 nitrogen and oxygen atoms in total. The predicted octanol–water partition coefficient (Wildman–Crippen LogP) is 2.96. The molecule has 1 aliphatic rings. The number of carbonyl (C=O) groups is 1. The number of unbranched alkanes of at least 4 members (excludes halogenated alkanes) is 2. The highest BCUT2D eigenvalue weighted by molar-refractivity contribution is 7.89. The third-order valence-electron chi connectivity index (χ3n) is 5.36. The SMILES string of the molecule is CCCCCNC(=O)C1CCN(S(=O)(=O)c2c(C)nn(C(C)(C)C)c2C)CC1. The highest BCUT2D eigenvalue weighted by Gasteiger charge is 2.36. The summed E-state index contributed by atoms with van der Waals surface area (Å²) in [6.07, 6.45) is 4.34. The minimum Gasteiger partial charge on any atom is -0.356 e. The van der Waals surface area contributed by atoms with Crippen LogP contribution in [0.3, 0.4) is 0 Å². The van der Waals surface area contributed by atoms with Gasteiger partial charge < -0.3 is 5.32 Å². The maximum Gasteiger partial charge on any atom is 0.246 e. The van der Waals surface area contributed by atoms with Crippen LogP contribution in [0.25, 0.3) is 0 Å². The molecule has 1 saturated heterocycles. The Hall–Kier alpha value is -1.41. The summed E-state index contributed by atoms with van der Waals surface area (Å²) in [5.41, 5.74) is 0.912. The molecule has 1 aliphatic heterocycles. The van der Waals surface area contributed by atoms with Crippen molar-refractivity contribution < 1.29 is 13.2 Å². The number of aromatic nitrogens is 2. The molecule has 0 saturated carbocycles. The molecule has 8 heteroatoms. The van der Waals surface area contributed by atoms with Crippen molar-refractivity contribution in [3.63, 3.8) is 0 Å². The molecular formula is C20H36N4O3S. The molecule has 0 aliphatic carbocycles. The normalized spacial score (nSPS) is 17.1. The number of nitrogens with one attached hydrogen (secondary N) is 1. The van der Waals surface area contributed by atoms with Gasteiger partial charge >= 0.3 is 0 Å². The molecule has 0 atom stereocenters. The van der Waals surface area contributed by atoms with Gasteiger partial charge in [0, 0.05) is 25.6 Å². The second-order valence-corrected chi connectivity index (χ2v) is 10.6. The van der Waals surface area contributed by atoms with E-state index in [1.54, 1.807) is 11.6 Å². The van der Waals surface area contributed by atoms with Gasteiger partial charge in [-0.05, 0) is 53.9 Å². The van der Waals surface area contributed by atoms with Gasteiger partial charge in [-0.15, -0.1) is 0 Å². The standard InChI is InChI=1S/C20H36N4O3S/c1-7-8-9-12-21-19(25)17-10-13-23(14-11-17)28(26,27)18-15(2)22-24(16(18)3)20(4,5)6/h17H,7-14H2,1-6H3,(H,21,25). The van der Waals surface area contributed by atoms with Crippen LogP contribution in [-0.2, 0) is 20.4 Å². The van der Waals surface area contributed by atoms with Crippen molar-refractivity contribution in [2.45, 2.75) is 84.1 Å². The molecule has 1 N–H and O–H groups in total. The molecule has 1 fully saturated rings. The van der Waals surface area contributed by atoms with Crippen LogP contribution in [0.1, 0.15) is 71.2 Å². The van der Waals surface area contributed by atoms with E-state index in [0.29, 0.717) is 48.8 Å². The topological polar surface area (TPSA) is 84.3 Å². The summed E-state index contributed by atoms with van der Waals surface area (Å²) in [7, 11) is -3.62. The Morgan fingerprint density at radius 2 is 1.79 bits per heavy atom. The fourth-order valence-electron chi connectivity index (χ4n) is 3.87. The highest BCUT2D eigenvalue weighted by Crippen LogP contribution is 2.30. The number of nitrogens with zero attached hydrogens (tertiary/aromatic N) is 3. The number of hydrogen-bond donors (Lipinski definition) is 1. The van der Waals surface area contributed by atoms with Crippen LogP contribution in [0.4, 0.5) is 0 Å². The largest absolute Gasteiger partial charge is 0.356 e. The predicted molar refractivity (Wildman–Crippen MR) is 111 cm³/mol. The minimum atomic E-state index is -3.62. The first-order valence-corrected chi connectivity index (χ1v) is 11.8. The van der Waals surface area contributed by atoms with Crippen LogP contribution in [0, 0.1) is 19.8 Å². The molecule has 2 rings (SSSR count). The Morgan fingerprint density at radius 1 is 1.18 bits per heavy atom. The Bertz CT molecular complexity index is 785. The molecule has 1 aromatic rings. The number of aryl methyl sites for hydroxylation is 1. The zero-order valence-corrected chi connectivity index (χ0v) is 19.0. The molecule has 0 unspecified atom stereocenters. The Kier molecular flexibility index (Phi) is 7.31. The minimum absolute atomic E-state index is 0.0565. The van der Waals surface area contributed by atoms with Gasteiger partial charge in [0.15, 0.2) is 0 Å². The van der Waals surface area contributed by atoms with Gasteiger partial charge in [0.2, 0.25) is 15.9 Å². The number of carbonyl (C=O) groups excluding carboxylic acids is 1. The summed E-state index contributed by atoms with van der Waals surface area (Å²) in [6, 6.07) is 0. The Balaban J connectivity index is 2.06. The number of rotatable bonds is 7. The third kappa shape index (κ3) is 4.95. The van der Waals surface area contributed by atoms with Gasteiger partial charge in [-0.2, -0.15) is 9.40 Å². The average molecular weight is 413 g/mol. The highest BCUT2D eigenvalue weighted by atomic mass is 32.2. The lowest BCUT2D eigenvalue weighted by Gasteiger charge is -2.30. The van der Waals surface area contributed by atoms with Gasteiger partial charge in [0.05, 0.1) is 16.9 Å². The molecule has 0 spiro atoms. The summed E-state index contributed by atoms with van der Waals surface area (Å²) in [6.45, 7) is 13.2. The lowest BCUT2D eigenvalue weighted by atomic mass is 9.97. The first-order chi connectivity index (χ1) is 13.0. The molecule has 0 radical (unpaired) electrons. The van der Waals surface area contributed by atoms with Crippen molar-refractivity contribution in [2.75, 3.05) is 19.6 Å². The van der Waals surface area contributed by atoms with Gasteiger partial charge in [-0.25, -0.2) is 8.42 Å². The van der Waals surface area contributed by atoms with Crippen LogP contribution >= 0.6 is 0 Å². The van der Waals surface area contributed by atoms with Gasteiger partial charge in [0.25, 0.3) is 0 Å². The molecule has 0 aromatic carbocycles. The van der Waals surface area contributed by atoms with E-state index in [1.807, 2.05) is 27.7 Å². The van der Waals surface area contributed by atoms with Crippen molar-refractivity contribution in [2.24, 2.45) is 5.92 Å². The molecule has 0 bridgehead atoms. The molecule has 28 heavy (non-hydrogen) atoms. The lowest BCUT2D eigenvalue weighted by molar-refractivity contribution is -0.126. The molecule has 1 amide bonds. The van der Waals surface area contributed by atoms with Crippen LogP contribution in [0.2, 0.25) is 0 Å². The van der Waals surface area contributed by atoms with Crippen LogP contribution in [0.15, 0.2) is 4.90 Å². The van der Waals surface area contributed by atoms with E-state index in [1.165, 1.54) is 4.31 Å². The van der Waals surface area contributed by atoms with E-state index in [0.717, 1.165) is 19.3 Å². The van der Waals surface area contributed by atoms with Crippen molar-refractivity contribution >= 4 is 15.9 Å². The number of hydrogen-bond acceptors (Lipinski definition) is 4. The second-order valence-electron chi connectivity index (χ2n) is 8.76. The maximum atomic E-state index is 13.3. The van der Waals surface area contributed by atoms with E-state index in [2.05, 4.69) is 17.3 Å². The molecule has 1 aromatic heterocycles. The lowest BCUT2D eigenvalue weighted by Crippen LogP contribution is -2.43. The average Bonchev–Trinajstić information content (AvgIpc) is 2.94. The summed E-state index contributed by atoms with van der Waals surface area (Å²) in [5.74, 6) is -0.0476. The van der Waals surface area contributed by atoms with Crippen molar-refractivity contribution in [1.29, 1.82) is 0 Å². The first-order valence-electron chi connectivity index (χ1n) is 10.3. The van der Waals surface area contributed by atoms with E-state index in [9.17, 15) is 13.2 Å². The van der Waals surface area contributed by atoms with Crippen molar-refractivity contribution in [3.8, 4) is 0 Å². The molecule has 2 heterocycles. The van der Waals surface area contributed by atoms with Crippen LogP contribution in [0.5, 0.6) is 0 Å². The fourth-order valence-corrected chi connectivity index (χ4v) is 5.70. The van der Waals surface area contributed by atoms with Crippen molar-refractivity contribution in [1.82, 2.24) is 19.4 Å². The first kappa shape index (κ1) is 22.9. The second kappa shape index (κ2) is 8.95. The zero-order valence-electron chi connectivity index (χ0n) is 18.2.